The Morgan fingerprint density at radius 2 is 1.91 bits per heavy atom. The Morgan fingerprint density at radius 3 is 2.39 bits per heavy atom. The summed E-state index contributed by atoms with van der Waals surface area (Å²) in [4.78, 5) is 20.7. The highest BCUT2D eigenvalue weighted by molar-refractivity contribution is 7.91. The summed E-state index contributed by atoms with van der Waals surface area (Å²) in [5.74, 6) is 0.623. The first-order valence-electron chi connectivity index (χ1n) is 6.80. The molecular weight excluding hydrogens is 318 g/mol. The van der Waals surface area contributed by atoms with Crippen LogP contribution in [0, 0.1) is 0 Å². The Hall–Kier alpha value is -2.32. The minimum Gasteiger partial charge on any atom is -0.609 e. The Kier molecular flexibility index (Phi) is 5.41. The predicted molar refractivity (Wildman–Crippen MR) is 86.4 cm³/mol. The molecule has 23 heavy (non-hydrogen) atoms. The fourth-order valence-electron chi connectivity index (χ4n) is 2.00. The lowest BCUT2D eigenvalue weighted by Gasteiger charge is -2.13. The first kappa shape index (κ1) is 17.0. The van der Waals surface area contributed by atoms with Gasteiger partial charge in [0.15, 0.2) is 0 Å². The van der Waals surface area contributed by atoms with E-state index in [1.807, 2.05) is 0 Å². The van der Waals surface area contributed by atoms with E-state index in [-0.39, 0.29) is 22.1 Å². The maximum absolute atomic E-state index is 12.8. The lowest BCUT2D eigenvalue weighted by Crippen LogP contribution is -2.15. The summed E-state index contributed by atoms with van der Waals surface area (Å²) in [6.07, 6.45) is 1.28. The standard InChI is InChI=1S/C15H17N3O4S/c1-4-23(20)15-17-8-9(14(16)18-15)13(19)12-10(21-2)6-5-7-11(12)22-3/h5-8H,4H2,1-3H3,(H2,16,17,18). The van der Waals surface area contributed by atoms with Crippen molar-refractivity contribution in [3.8, 4) is 11.5 Å². The van der Waals surface area contributed by atoms with Gasteiger partial charge in [0.2, 0.25) is 5.78 Å². The van der Waals surface area contributed by atoms with E-state index in [4.69, 9.17) is 15.2 Å². The first-order chi connectivity index (χ1) is 11.0. The Morgan fingerprint density at radius 1 is 1.30 bits per heavy atom. The van der Waals surface area contributed by atoms with Crippen LogP contribution in [0.3, 0.4) is 0 Å². The summed E-state index contributed by atoms with van der Waals surface area (Å²) >= 11 is -1.34. The number of nitrogens with zero attached hydrogens (tertiary/aromatic N) is 2. The monoisotopic (exact) mass is 335 g/mol. The van der Waals surface area contributed by atoms with Crippen molar-refractivity contribution in [3.05, 3.63) is 35.5 Å². The number of ether oxygens (including phenoxy) is 2. The largest absolute Gasteiger partial charge is 0.609 e. The quantitative estimate of drug-likeness (QED) is 0.483. The SMILES string of the molecule is CC[S+]([O-])c1ncc(C(=O)c2c(OC)cccc2OC)c(N)n1. The molecule has 0 saturated heterocycles. The molecule has 0 bridgehead atoms. The number of carbonyl (C=O) groups excluding carboxylic acids is 1. The van der Waals surface area contributed by atoms with E-state index < -0.39 is 17.0 Å². The second-order valence-electron chi connectivity index (χ2n) is 4.45. The maximum atomic E-state index is 12.8. The molecule has 0 aliphatic heterocycles. The second kappa shape index (κ2) is 7.30. The van der Waals surface area contributed by atoms with Crippen LogP contribution in [0.1, 0.15) is 22.8 Å². The van der Waals surface area contributed by atoms with E-state index >= 15 is 0 Å². The van der Waals surface area contributed by atoms with Crippen molar-refractivity contribution in [3.63, 3.8) is 0 Å². The third-order valence-electron chi connectivity index (χ3n) is 3.16. The molecule has 1 aromatic heterocycles. The van der Waals surface area contributed by atoms with Crippen LogP contribution >= 0.6 is 0 Å². The van der Waals surface area contributed by atoms with Crippen LogP contribution in [0.15, 0.2) is 29.6 Å². The highest BCUT2D eigenvalue weighted by Gasteiger charge is 2.24. The molecule has 2 rings (SSSR count). The van der Waals surface area contributed by atoms with E-state index in [0.29, 0.717) is 17.3 Å². The van der Waals surface area contributed by atoms with Gasteiger partial charge in [-0.3, -0.25) is 4.79 Å². The number of anilines is 1. The van der Waals surface area contributed by atoms with Gasteiger partial charge >= 0.3 is 5.16 Å². The first-order valence-corrected chi connectivity index (χ1v) is 8.11. The topological polar surface area (TPSA) is 110 Å². The van der Waals surface area contributed by atoms with E-state index in [2.05, 4.69) is 9.97 Å². The molecule has 0 spiro atoms. The molecule has 0 aliphatic rings. The highest BCUT2D eigenvalue weighted by atomic mass is 32.2. The molecular formula is C15H17N3O4S. The minimum absolute atomic E-state index is 0.0326. The molecule has 1 atom stereocenters. The zero-order valence-corrected chi connectivity index (χ0v) is 13.8. The molecule has 122 valence electrons. The number of hydrogen-bond donors (Lipinski definition) is 1. The van der Waals surface area contributed by atoms with E-state index in [1.54, 1.807) is 25.1 Å². The van der Waals surface area contributed by atoms with Crippen molar-refractivity contribution in [1.82, 2.24) is 9.97 Å². The summed E-state index contributed by atoms with van der Waals surface area (Å²) in [6, 6.07) is 5.00. The van der Waals surface area contributed by atoms with Crippen molar-refractivity contribution in [2.45, 2.75) is 12.1 Å². The van der Waals surface area contributed by atoms with Gasteiger partial charge in [-0.2, -0.15) is 9.97 Å². The van der Waals surface area contributed by atoms with E-state index in [1.165, 1.54) is 20.4 Å². The molecule has 2 aromatic rings. The lowest BCUT2D eigenvalue weighted by molar-refractivity contribution is 0.103. The average molecular weight is 335 g/mol. The van der Waals surface area contributed by atoms with Crippen LogP contribution in [-0.4, -0.2) is 40.3 Å². The number of benzene rings is 1. The molecule has 2 N–H and O–H groups in total. The van der Waals surface area contributed by atoms with Gasteiger partial charge in [0, 0.05) is 17.4 Å². The Bertz CT molecular complexity index is 702. The fourth-order valence-corrected chi connectivity index (χ4v) is 2.63. The van der Waals surface area contributed by atoms with Gasteiger partial charge in [-0.25, -0.2) is 0 Å². The second-order valence-corrected chi connectivity index (χ2v) is 6.09. The van der Waals surface area contributed by atoms with Crippen LogP contribution in [0.2, 0.25) is 0 Å². The van der Waals surface area contributed by atoms with Crippen LogP contribution in [0.5, 0.6) is 11.5 Å². The molecule has 8 heteroatoms. The van der Waals surface area contributed by atoms with Gasteiger partial charge in [0.05, 0.1) is 19.8 Å². The van der Waals surface area contributed by atoms with Crippen LogP contribution in [0.25, 0.3) is 0 Å². The molecule has 0 fully saturated rings. The van der Waals surface area contributed by atoms with Gasteiger partial charge in [-0.1, -0.05) is 6.07 Å². The number of hydrogen-bond acceptors (Lipinski definition) is 7. The third-order valence-corrected chi connectivity index (χ3v) is 4.29. The fraction of sp³-hybridized carbons (Fsp3) is 0.267. The lowest BCUT2D eigenvalue weighted by atomic mass is 10.0. The summed E-state index contributed by atoms with van der Waals surface area (Å²) in [7, 11) is 2.91. The molecule has 0 saturated carbocycles. The summed E-state index contributed by atoms with van der Waals surface area (Å²) < 4.78 is 22.2. The summed E-state index contributed by atoms with van der Waals surface area (Å²) in [5, 5.41) is 0.105. The molecule has 7 nitrogen and oxygen atoms in total. The number of methoxy groups -OCH3 is 2. The smallest absolute Gasteiger partial charge is 0.344 e. The predicted octanol–water partition coefficient (Wildman–Crippen LogP) is 1.43. The van der Waals surface area contributed by atoms with Crippen LogP contribution in [-0.2, 0) is 11.2 Å². The third kappa shape index (κ3) is 3.38. The molecule has 0 radical (unpaired) electrons. The number of rotatable bonds is 6. The molecule has 1 heterocycles. The molecule has 0 aliphatic carbocycles. The summed E-state index contributed by atoms with van der Waals surface area (Å²) in [5.41, 5.74) is 6.18. The average Bonchev–Trinajstić information content (AvgIpc) is 2.59. The molecule has 0 amide bonds. The van der Waals surface area contributed by atoms with Gasteiger partial charge in [-0.05, 0) is 19.1 Å². The van der Waals surface area contributed by atoms with Gasteiger partial charge in [0.1, 0.15) is 28.6 Å². The van der Waals surface area contributed by atoms with Crippen molar-refractivity contribution in [1.29, 1.82) is 0 Å². The normalized spacial score (nSPS) is 11.8. The number of nitrogen functional groups attached to an aromatic ring is 1. The summed E-state index contributed by atoms with van der Waals surface area (Å²) in [6.45, 7) is 1.74. The molecule has 1 aromatic carbocycles. The number of ketones is 1. The van der Waals surface area contributed by atoms with Crippen molar-refractivity contribution in [2.24, 2.45) is 0 Å². The van der Waals surface area contributed by atoms with Crippen molar-refractivity contribution >= 4 is 22.8 Å². The van der Waals surface area contributed by atoms with Crippen molar-refractivity contribution < 1.29 is 18.8 Å². The Labute approximate surface area is 137 Å². The van der Waals surface area contributed by atoms with Gasteiger partial charge < -0.3 is 19.8 Å². The minimum atomic E-state index is -1.34. The van der Waals surface area contributed by atoms with Crippen LogP contribution in [0.4, 0.5) is 5.82 Å². The number of aromatic nitrogens is 2. The molecule has 1 unspecified atom stereocenters. The van der Waals surface area contributed by atoms with Gasteiger partial charge in [-0.15, -0.1) is 0 Å². The van der Waals surface area contributed by atoms with Crippen LogP contribution < -0.4 is 15.2 Å². The van der Waals surface area contributed by atoms with Crippen molar-refractivity contribution in [2.75, 3.05) is 25.7 Å². The zero-order chi connectivity index (χ0) is 17.0. The number of nitrogens with two attached hydrogens (primary N) is 1. The number of carbonyl (C=O) groups is 1. The maximum Gasteiger partial charge on any atom is 0.344 e. The zero-order valence-electron chi connectivity index (χ0n) is 13.0. The highest BCUT2D eigenvalue weighted by Crippen LogP contribution is 2.31. The Balaban J connectivity index is 2.50. The van der Waals surface area contributed by atoms with E-state index in [0.717, 1.165) is 0 Å². The van der Waals surface area contributed by atoms with E-state index in [9.17, 15) is 9.35 Å². The van der Waals surface area contributed by atoms with Gasteiger partial charge in [0.25, 0.3) is 0 Å².